The van der Waals surface area contributed by atoms with Crippen molar-refractivity contribution in [2.45, 2.75) is 12.7 Å². The van der Waals surface area contributed by atoms with Gasteiger partial charge < -0.3 is 15.0 Å². The van der Waals surface area contributed by atoms with Gasteiger partial charge in [-0.3, -0.25) is 9.89 Å². The Bertz CT molecular complexity index is 789. The molecule has 1 N–H and O–H groups in total. The number of rotatable bonds is 6. The molecule has 0 radical (unpaired) electrons. The molecule has 1 aliphatic rings. The predicted octanol–water partition coefficient (Wildman–Crippen LogP) is 2.93. The van der Waals surface area contributed by atoms with Gasteiger partial charge >= 0.3 is 6.18 Å². The van der Waals surface area contributed by atoms with Gasteiger partial charge in [-0.15, -0.1) is 11.3 Å². The van der Waals surface area contributed by atoms with E-state index in [1.807, 2.05) is 30.3 Å². The van der Waals surface area contributed by atoms with Crippen LogP contribution in [-0.4, -0.2) is 67.1 Å². The molecule has 0 atom stereocenters. The molecule has 1 fully saturated rings. The fraction of sp³-hybridized carbons (Fsp3) is 0.474. The van der Waals surface area contributed by atoms with E-state index in [0.717, 1.165) is 55.2 Å². The smallest absolute Gasteiger partial charge is 0.434 e. The van der Waals surface area contributed by atoms with E-state index in [1.165, 1.54) is 0 Å². The van der Waals surface area contributed by atoms with Crippen molar-refractivity contribution < 1.29 is 17.9 Å². The summed E-state index contributed by atoms with van der Waals surface area (Å²) < 4.78 is 43.7. The molecular weight excluding hydrogens is 403 g/mol. The average Bonchev–Trinajstić information content (AvgIpc) is 3.20. The molecule has 1 aromatic heterocycles. The number of piperazine rings is 1. The molecule has 1 aliphatic heterocycles. The first-order valence-electron chi connectivity index (χ1n) is 9.33. The molecular formula is C19H24F3N5OS. The Morgan fingerprint density at radius 1 is 1.21 bits per heavy atom. The van der Waals surface area contributed by atoms with Crippen LogP contribution in [0.2, 0.25) is 0 Å². The second-order valence-electron chi connectivity index (χ2n) is 6.52. The molecule has 2 heterocycles. The third-order valence-electron chi connectivity index (χ3n) is 4.54. The number of aliphatic imine (C=N–C) groups is 1. The number of hydrogen-bond donors (Lipinski definition) is 1. The Labute approximate surface area is 172 Å². The van der Waals surface area contributed by atoms with E-state index >= 15 is 0 Å². The molecule has 0 bridgehead atoms. The molecule has 10 heteroatoms. The zero-order valence-electron chi connectivity index (χ0n) is 16.2. The maximum Gasteiger partial charge on any atom is 0.434 e. The molecule has 0 spiro atoms. The summed E-state index contributed by atoms with van der Waals surface area (Å²) in [6.45, 7) is 5.01. The van der Waals surface area contributed by atoms with Crippen LogP contribution in [0.1, 0.15) is 10.7 Å². The number of nitrogens with zero attached hydrogens (tertiary/aromatic N) is 4. The number of para-hydroxylation sites is 1. The minimum absolute atomic E-state index is 0.221. The van der Waals surface area contributed by atoms with Crippen molar-refractivity contribution in [3.8, 4) is 5.75 Å². The van der Waals surface area contributed by atoms with Gasteiger partial charge in [-0.25, -0.2) is 4.98 Å². The largest absolute Gasteiger partial charge is 0.492 e. The number of halogens is 3. The number of aromatic nitrogens is 1. The zero-order chi connectivity index (χ0) is 20.7. The van der Waals surface area contributed by atoms with Crippen molar-refractivity contribution in [2.24, 2.45) is 4.99 Å². The van der Waals surface area contributed by atoms with E-state index in [0.29, 0.717) is 17.6 Å². The molecule has 1 saturated heterocycles. The monoisotopic (exact) mass is 427 g/mol. The lowest BCUT2D eigenvalue weighted by Gasteiger charge is -2.36. The van der Waals surface area contributed by atoms with Crippen molar-refractivity contribution in [1.29, 1.82) is 0 Å². The number of benzene rings is 1. The minimum atomic E-state index is -4.41. The van der Waals surface area contributed by atoms with Gasteiger partial charge in [0.2, 0.25) is 0 Å². The standard InChI is InChI=1S/C19H24F3N5OS/c1-23-18(24-13-17-25-16(14-29-17)19(20,21)22)27-9-7-26(8-10-27)11-12-28-15-5-3-2-4-6-15/h2-6,14H,7-13H2,1H3,(H,23,24). The van der Waals surface area contributed by atoms with Gasteiger partial charge in [0.1, 0.15) is 17.4 Å². The summed E-state index contributed by atoms with van der Waals surface area (Å²) >= 11 is 0.994. The van der Waals surface area contributed by atoms with Crippen LogP contribution in [0.3, 0.4) is 0 Å². The molecule has 2 aromatic rings. The molecule has 29 heavy (non-hydrogen) atoms. The Morgan fingerprint density at radius 3 is 2.55 bits per heavy atom. The Morgan fingerprint density at radius 2 is 1.93 bits per heavy atom. The van der Waals surface area contributed by atoms with Crippen LogP contribution >= 0.6 is 11.3 Å². The summed E-state index contributed by atoms with van der Waals surface area (Å²) in [5, 5.41) is 4.54. The highest BCUT2D eigenvalue weighted by Gasteiger charge is 2.33. The lowest BCUT2D eigenvalue weighted by Crippen LogP contribution is -2.52. The van der Waals surface area contributed by atoms with E-state index < -0.39 is 11.9 Å². The van der Waals surface area contributed by atoms with E-state index in [2.05, 4.69) is 25.1 Å². The second-order valence-corrected chi connectivity index (χ2v) is 7.46. The molecule has 158 valence electrons. The van der Waals surface area contributed by atoms with Crippen LogP contribution in [0, 0.1) is 0 Å². The number of ether oxygens (including phenoxy) is 1. The number of hydrogen-bond acceptors (Lipinski definition) is 5. The van der Waals surface area contributed by atoms with Crippen LogP contribution in [0.5, 0.6) is 5.75 Å². The SMILES string of the molecule is CN=C(NCc1nc(C(F)(F)F)cs1)N1CCN(CCOc2ccccc2)CC1. The summed E-state index contributed by atoms with van der Waals surface area (Å²) in [5.74, 6) is 1.54. The number of thiazole rings is 1. The third-order valence-corrected chi connectivity index (χ3v) is 5.39. The van der Waals surface area contributed by atoms with Crippen molar-refractivity contribution in [3.63, 3.8) is 0 Å². The van der Waals surface area contributed by atoms with Crippen molar-refractivity contribution in [2.75, 3.05) is 46.4 Å². The molecule has 0 aliphatic carbocycles. The van der Waals surface area contributed by atoms with E-state index in [4.69, 9.17) is 4.74 Å². The van der Waals surface area contributed by atoms with Gasteiger partial charge in [-0.1, -0.05) is 18.2 Å². The van der Waals surface area contributed by atoms with Gasteiger partial charge in [0.05, 0.1) is 6.54 Å². The Kier molecular flexibility index (Phi) is 7.32. The first-order chi connectivity index (χ1) is 14.0. The highest BCUT2D eigenvalue weighted by Crippen LogP contribution is 2.29. The van der Waals surface area contributed by atoms with Crippen LogP contribution in [0.15, 0.2) is 40.7 Å². The number of alkyl halides is 3. The van der Waals surface area contributed by atoms with E-state index in [1.54, 1.807) is 7.05 Å². The van der Waals surface area contributed by atoms with Crippen molar-refractivity contribution in [3.05, 3.63) is 46.4 Å². The van der Waals surface area contributed by atoms with Crippen molar-refractivity contribution in [1.82, 2.24) is 20.1 Å². The first kappa shape index (κ1) is 21.4. The summed E-state index contributed by atoms with van der Waals surface area (Å²) in [6.07, 6.45) is -4.41. The lowest BCUT2D eigenvalue weighted by molar-refractivity contribution is -0.140. The van der Waals surface area contributed by atoms with Gasteiger partial charge in [0.25, 0.3) is 0 Å². The molecule has 0 saturated carbocycles. The highest BCUT2D eigenvalue weighted by atomic mass is 32.1. The Hall–Kier alpha value is -2.33. The normalized spacial score (nSPS) is 16.1. The topological polar surface area (TPSA) is 53.0 Å². The van der Waals surface area contributed by atoms with E-state index in [-0.39, 0.29) is 6.54 Å². The minimum Gasteiger partial charge on any atom is -0.492 e. The van der Waals surface area contributed by atoms with Gasteiger partial charge in [0.15, 0.2) is 11.7 Å². The maximum atomic E-state index is 12.7. The van der Waals surface area contributed by atoms with E-state index in [9.17, 15) is 13.2 Å². The van der Waals surface area contributed by atoms with Crippen molar-refractivity contribution >= 4 is 17.3 Å². The maximum absolute atomic E-state index is 12.7. The van der Waals surface area contributed by atoms with Crippen LogP contribution in [0.4, 0.5) is 13.2 Å². The fourth-order valence-electron chi connectivity index (χ4n) is 3.00. The quantitative estimate of drug-likeness (QED) is 0.568. The molecule has 6 nitrogen and oxygen atoms in total. The summed E-state index contributed by atoms with van der Waals surface area (Å²) in [7, 11) is 1.67. The van der Waals surface area contributed by atoms with Gasteiger partial charge in [-0.2, -0.15) is 13.2 Å². The average molecular weight is 427 g/mol. The lowest BCUT2D eigenvalue weighted by atomic mass is 10.3. The number of guanidine groups is 1. The summed E-state index contributed by atoms with van der Waals surface area (Å²) in [4.78, 5) is 12.3. The zero-order valence-corrected chi connectivity index (χ0v) is 17.0. The molecule has 1 aromatic carbocycles. The van der Waals surface area contributed by atoms with Gasteiger partial charge in [-0.05, 0) is 12.1 Å². The summed E-state index contributed by atoms with van der Waals surface area (Å²) in [5.41, 5.74) is -0.847. The summed E-state index contributed by atoms with van der Waals surface area (Å²) in [6, 6.07) is 9.73. The molecule has 3 rings (SSSR count). The highest BCUT2D eigenvalue weighted by molar-refractivity contribution is 7.09. The number of nitrogens with one attached hydrogen (secondary N) is 1. The Balaban J connectivity index is 1.40. The molecule has 0 unspecified atom stereocenters. The second kappa shape index (κ2) is 9.93. The predicted molar refractivity (Wildman–Crippen MR) is 107 cm³/mol. The van der Waals surface area contributed by atoms with Crippen LogP contribution in [0.25, 0.3) is 0 Å². The van der Waals surface area contributed by atoms with Crippen LogP contribution < -0.4 is 10.1 Å². The van der Waals surface area contributed by atoms with Gasteiger partial charge in [0, 0.05) is 45.2 Å². The third kappa shape index (κ3) is 6.33. The fourth-order valence-corrected chi connectivity index (χ4v) is 3.74. The molecule has 0 amide bonds. The van der Waals surface area contributed by atoms with Crippen LogP contribution in [-0.2, 0) is 12.7 Å². The first-order valence-corrected chi connectivity index (χ1v) is 10.2.